The van der Waals surface area contributed by atoms with Gasteiger partial charge in [0.2, 0.25) is 0 Å². The summed E-state index contributed by atoms with van der Waals surface area (Å²) in [5, 5.41) is 13.1. The molecule has 2 rings (SSSR count). The first-order chi connectivity index (χ1) is 9.53. The number of aromatic nitrogens is 1. The van der Waals surface area contributed by atoms with Crippen LogP contribution < -0.4 is 10.1 Å². The number of rotatable bonds is 4. The zero-order valence-corrected chi connectivity index (χ0v) is 13.0. The van der Waals surface area contributed by atoms with Gasteiger partial charge in [-0.25, -0.2) is 4.79 Å². The lowest BCUT2D eigenvalue weighted by Crippen LogP contribution is -2.10. The molecule has 0 aliphatic heterocycles. The third kappa shape index (κ3) is 2.31. The quantitative estimate of drug-likeness (QED) is 0.894. The van der Waals surface area contributed by atoms with Crippen LogP contribution in [0.15, 0.2) is 16.6 Å². The van der Waals surface area contributed by atoms with Crippen LogP contribution in [0, 0.1) is 0 Å². The van der Waals surface area contributed by atoms with Crippen LogP contribution in [0.3, 0.4) is 0 Å². The minimum atomic E-state index is -0.979. The van der Waals surface area contributed by atoms with Crippen molar-refractivity contribution in [2.45, 2.75) is 13.3 Å². The third-order valence-electron chi connectivity index (χ3n) is 3.13. The molecule has 0 spiro atoms. The van der Waals surface area contributed by atoms with E-state index in [1.165, 1.54) is 0 Å². The van der Waals surface area contributed by atoms with Crippen LogP contribution in [-0.4, -0.2) is 30.2 Å². The van der Waals surface area contributed by atoms with E-state index in [9.17, 15) is 9.90 Å². The van der Waals surface area contributed by atoms with Crippen LogP contribution in [0.5, 0.6) is 5.75 Å². The van der Waals surface area contributed by atoms with Gasteiger partial charge in [0.05, 0.1) is 28.5 Å². The highest BCUT2D eigenvalue weighted by molar-refractivity contribution is 9.10. The molecule has 1 aromatic heterocycles. The van der Waals surface area contributed by atoms with E-state index in [4.69, 9.17) is 4.74 Å². The first-order valence-corrected chi connectivity index (χ1v) is 6.93. The van der Waals surface area contributed by atoms with Crippen molar-refractivity contribution in [2.24, 2.45) is 0 Å². The Bertz CT molecular complexity index is 686. The Morgan fingerprint density at radius 3 is 2.70 bits per heavy atom. The maximum atomic E-state index is 11.5. The largest absolute Gasteiger partial charge is 0.495 e. The minimum absolute atomic E-state index is 0.222. The number of hydrogen-bond acceptors (Lipinski definition) is 4. The summed E-state index contributed by atoms with van der Waals surface area (Å²) in [6, 6.07) is 3.62. The Morgan fingerprint density at radius 1 is 1.50 bits per heavy atom. The van der Waals surface area contributed by atoms with Gasteiger partial charge in [0.25, 0.3) is 0 Å². The molecule has 0 bridgehead atoms. The third-order valence-corrected chi connectivity index (χ3v) is 3.75. The van der Waals surface area contributed by atoms with Gasteiger partial charge < -0.3 is 15.2 Å². The molecular weight excluding hydrogens is 324 g/mol. The van der Waals surface area contributed by atoms with Gasteiger partial charge in [-0.1, -0.05) is 6.92 Å². The summed E-state index contributed by atoms with van der Waals surface area (Å²) in [6.45, 7) is 1.89. The number of fused-ring (bicyclic) bond motifs is 1. The summed E-state index contributed by atoms with van der Waals surface area (Å²) in [4.78, 5) is 15.9. The predicted octanol–water partition coefficient (Wildman–Crippen LogP) is 3.31. The smallest absolute Gasteiger partial charge is 0.339 e. The molecule has 0 aliphatic carbocycles. The fraction of sp³-hybridized carbons (Fsp3) is 0.286. The van der Waals surface area contributed by atoms with E-state index < -0.39 is 5.97 Å². The molecule has 0 saturated carbocycles. The zero-order chi connectivity index (χ0) is 14.9. The molecule has 0 saturated heterocycles. The molecule has 106 valence electrons. The number of carboxylic acids is 1. The molecule has 5 nitrogen and oxygen atoms in total. The molecule has 0 amide bonds. The van der Waals surface area contributed by atoms with Gasteiger partial charge in [0.15, 0.2) is 0 Å². The fourth-order valence-corrected chi connectivity index (χ4v) is 2.72. The number of anilines is 1. The number of methoxy groups -OCH3 is 1. The second kappa shape index (κ2) is 5.66. The monoisotopic (exact) mass is 338 g/mol. The summed E-state index contributed by atoms with van der Waals surface area (Å²) in [5.74, 6) is -0.315. The number of aryl methyl sites for hydroxylation is 1. The zero-order valence-electron chi connectivity index (χ0n) is 11.5. The van der Waals surface area contributed by atoms with Crippen molar-refractivity contribution in [2.75, 3.05) is 19.5 Å². The maximum Gasteiger partial charge on any atom is 0.339 e. The molecular formula is C14H15BrN2O3. The Kier molecular flexibility index (Phi) is 4.13. The number of pyridine rings is 1. The van der Waals surface area contributed by atoms with Crippen LogP contribution in [0.2, 0.25) is 0 Å². The molecule has 0 aliphatic rings. The summed E-state index contributed by atoms with van der Waals surface area (Å²) in [5.41, 5.74) is 2.05. The first kappa shape index (κ1) is 14.6. The van der Waals surface area contributed by atoms with Gasteiger partial charge in [-0.2, -0.15) is 0 Å². The summed E-state index contributed by atoms with van der Waals surface area (Å²) in [6.07, 6.45) is 0.546. The lowest BCUT2D eigenvalue weighted by atomic mass is 10.0. The van der Waals surface area contributed by atoms with E-state index in [2.05, 4.69) is 26.2 Å². The summed E-state index contributed by atoms with van der Waals surface area (Å²) >= 11 is 3.41. The van der Waals surface area contributed by atoms with Crippen LogP contribution in [0.4, 0.5) is 5.69 Å². The molecule has 0 fully saturated rings. The molecule has 1 aromatic carbocycles. The van der Waals surface area contributed by atoms with Crippen LogP contribution >= 0.6 is 15.9 Å². The second-order valence-corrected chi connectivity index (χ2v) is 5.08. The average molecular weight is 339 g/mol. The molecule has 0 radical (unpaired) electrons. The van der Waals surface area contributed by atoms with Crippen LogP contribution in [0.1, 0.15) is 23.0 Å². The molecule has 0 atom stereocenters. The van der Waals surface area contributed by atoms with Gasteiger partial charge in [0, 0.05) is 18.5 Å². The van der Waals surface area contributed by atoms with Crippen molar-refractivity contribution >= 4 is 38.5 Å². The topological polar surface area (TPSA) is 71.5 Å². The molecule has 1 heterocycles. The van der Waals surface area contributed by atoms with Crippen LogP contribution in [0.25, 0.3) is 10.9 Å². The highest BCUT2D eigenvalue weighted by Gasteiger charge is 2.20. The summed E-state index contributed by atoms with van der Waals surface area (Å²) < 4.78 is 6.01. The van der Waals surface area contributed by atoms with Gasteiger partial charge in [-0.05, 0) is 28.4 Å². The van der Waals surface area contributed by atoms with Crippen molar-refractivity contribution in [3.05, 3.63) is 27.9 Å². The molecule has 6 heteroatoms. The standard InChI is InChI=1S/C14H15BrN2O3/c1-4-9-12(14(18)19)13(16-2)7-5-8(15)11(20-3)6-10(7)17-9/h5-6H,4H2,1-3H3,(H,16,17)(H,18,19). The molecule has 2 N–H and O–H groups in total. The highest BCUT2D eigenvalue weighted by atomic mass is 79.9. The number of hydrogen-bond donors (Lipinski definition) is 2. The van der Waals surface area contributed by atoms with Crippen molar-refractivity contribution in [3.63, 3.8) is 0 Å². The number of nitrogens with one attached hydrogen (secondary N) is 1. The van der Waals surface area contributed by atoms with E-state index in [1.54, 1.807) is 20.2 Å². The fourth-order valence-electron chi connectivity index (χ4n) is 2.22. The maximum absolute atomic E-state index is 11.5. The number of carboxylic acid groups (broad SMARTS) is 1. The Morgan fingerprint density at radius 2 is 2.20 bits per heavy atom. The van der Waals surface area contributed by atoms with E-state index in [0.29, 0.717) is 29.1 Å². The van der Waals surface area contributed by atoms with Crippen molar-refractivity contribution in [1.82, 2.24) is 4.98 Å². The average Bonchev–Trinajstić information content (AvgIpc) is 2.44. The summed E-state index contributed by atoms with van der Waals surface area (Å²) in [7, 11) is 3.29. The SMILES string of the molecule is CCc1nc2cc(OC)c(Br)cc2c(NC)c1C(=O)O. The van der Waals surface area contributed by atoms with E-state index in [0.717, 1.165) is 9.86 Å². The molecule has 2 aromatic rings. The van der Waals surface area contributed by atoms with Crippen molar-refractivity contribution in [3.8, 4) is 5.75 Å². The van der Waals surface area contributed by atoms with E-state index in [-0.39, 0.29) is 5.56 Å². The van der Waals surface area contributed by atoms with E-state index >= 15 is 0 Å². The number of nitrogens with zero attached hydrogens (tertiary/aromatic N) is 1. The highest BCUT2D eigenvalue weighted by Crippen LogP contribution is 2.35. The number of benzene rings is 1. The Hall–Kier alpha value is -1.82. The second-order valence-electron chi connectivity index (χ2n) is 4.22. The number of halogens is 1. The number of carbonyl (C=O) groups is 1. The van der Waals surface area contributed by atoms with Gasteiger partial charge >= 0.3 is 5.97 Å². The molecule has 20 heavy (non-hydrogen) atoms. The normalized spacial score (nSPS) is 10.6. The van der Waals surface area contributed by atoms with Crippen molar-refractivity contribution in [1.29, 1.82) is 0 Å². The number of ether oxygens (including phenoxy) is 1. The van der Waals surface area contributed by atoms with Gasteiger partial charge in [0.1, 0.15) is 11.3 Å². The minimum Gasteiger partial charge on any atom is -0.495 e. The Balaban J connectivity index is 2.91. The van der Waals surface area contributed by atoms with E-state index in [1.807, 2.05) is 13.0 Å². The van der Waals surface area contributed by atoms with Gasteiger partial charge in [-0.15, -0.1) is 0 Å². The lowest BCUT2D eigenvalue weighted by molar-refractivity contribution is 0.0696. The Labute approximate surface area is 125 Å². The van der Waals surface area contributed by atoms with Gasteiger partial charge in [-0.3, -0.25) is 4.98 Å². The first-order valence-electron chi connectivity index (χ1n) is 6.14. The van der Waals surface area contributed by atoms with Crippen LogP contribution in [-0.2, 0) is 6.42 Å². The predicted molar refractivity (Wildman–Crippen MR) is 81.9 cm³/mol. The van der Waals surface area contributed by atoms with Crippen molar-refractivity contribution < 1.29 is 14.6 Å². The number of aromatic carboxylic acids is 1. The lowest BCUT2D eigenvalue weighted by Gasteiger charge is -2.14. The molecule has 0 unspecified atom stereocenters.